The van der Waals surface area contributed by atoms with Crippen molar-refractivity contribution in [2.24, 2.45) is 0 Å². The van der Waals surface area contributed by atoms with E-state index in [0.717, 1.165) is 23.3 Å². The zero-order valence-corrected chi connectivity index (χ0v) is 16.4. The van der Waals surface area contributed by atoms with Gasteiger partial charge in [-0.25, -0.2) is 5.06 Å². The number of benzene rings is 1. The lowest BCUT2D eigenvalue weighted by molar-refractivity contribution is -0.0487. The number of hydrogen-bond donors (Lipinski definition) is 0. The van der Waals surface area contributed by atoms with E-state index in [0.29, 0.717) is 40.2 Å². The Morgan fingerprint density at radius 3 is 3.00 bits per heavy atom. The third-order valence-electron chi connectivity index (χ3n) is 5.72. The number of aromatic nitrogens is 1. The Labute approximate surface area is 168 Å². The van der Waals surface area contributed by atoms with E-state index in [9.17, 15) is 5.26 Å². The van der Waals surface area contributed by atoms with Crippen molar-refractivity contribution in [2.75, 3.05) is 24.1 Å². The molecular weight excluding hydrogens is 426 g/mol. The van der Waals surface area contributed by atoms with E-state index in [4.69, 9.17) is 19.0 Å². The summed E-state index contributed by atoms with van der Waals surface area (Å²) >= 11 is 3.36. The second-order valence-corrected chi connectivity index (χ2v) is 7.88. The van der Waals surface area contributed by atoms with Crippen LogP contribution in [-0.2, 0) is 9.57 Å². The summed E-state index contributed by atoms with van der Waals surface area (Å²) in [6.45, 7) is 0.506. The van der Waals surface area contributed by atoms with E-state index >= 15 is 0 Å². The fraction of sp³-hybridized carbons (Fsp3) is 0.300. The summed E-state index contributed by atoms with van der Waals surface area (Å²) in [6, 6.07) is 5.90. The highest BCUT2D eigenvalue weighted by Crippen LogP contribution is 2.78. The third-order valence-corrected chi connectivity index (χ3v) is 6.04. The van der Waals surface area contributed by atoms with Gasteiger partial charge in [0, 0.05) is 29.4 Å². The van der Waals surface area contributed by atoms with Gasteiger partial charge in [0.25, 0.3) is 0 Å². The molecule has 2 aromatic rings. The SMILES string of the molecule is COc1cc2c(N3OC45CC46OC6=CC=C35)c(C#N)cnc2cc1OCCBr. The minimum Gasteiger partial charge on any atom is -0.493 e. The molecule has 0 N–H and O–H groups in total. The predicted octanol–water partition coefficient (Wildman–Crippen LogP) is 3.33. The molecule has 7 nitrogen and oxygen atoms in total. The van der Waals surface area contributed by atoms with Gasteiger partial charge in [0.2, 0.25) is 5.60 Å². The molecule has 2 spiro atoms. The molecule has 1 saturated carbocycles. The van der Waals surface area contributed by atoms with Crippen LogP contribution in [0.2, 0.25) is 0 Å². The van der Waals surface area contributed by atoms with Crippen LogP contribution in [0.3, 0.4) is 0 Å². The molecule has 2 atom stereocenters. The van der Waals surface area contributed by atoms with Crippen molar-refractivity contribution < 1.29 is 19.0 Å². The predicted molar refractivity (Wildman–Crippen MR) is 103 cm³/mol. The first-order valence-corrected chi connectivity index (χ1v) is 10.0. The first kappa shape index (κ1) is 16.2. The minimum atomic E-state index is -0.386. The monoisotopic (exact) mass is 439 g/mol. The number of fused-ring (bicyclic) bond motifs is 1. The fourth-order valence-electron chi connectivity index (χ4n) is 4.25. The molecule has 3 heterocycles. The van der Waals surface area contributed by atoms with Crippen molar-refractivity contribution in [3.8, 4) is 17.6 Å². The van der Waals surface area contributed by atoms with Crippen molar-refractivity contribution in [3.63, 3.8) is 0 Å². The summed E-state index contributed by atoms with van der Waals surface area (Å²) in [5.41, 5.74) is 2.16. The molecule has 140 valence electrons. The maximum atomic E-state index is 9.68. The van der Waals surface area contributed by atoms with Gasteiger partial charge >= 0.3 is 0 Å². The van der Waals surface area contributed by atoms with Crippen LogP contribution in [-0.4, -0.2) is 35.2 Å². The molecule has 0 radical (unpaired) electrons. The maximum absolute atomic E-state index is 9.68. The largest absolute Gasteiger partial charge is 0.493 e. The van der Waals surface area contributed by atoms with Crippen molar-refractivity contribution in [3.05, 3.63) is 47.5 Å². The van der Waals surface area contributed by atoms with E-state index < -0.39 is 0 Å². The number of methoxy groups -OCH3 is 1. The van der Waals surface area contributed by atoms with Crippen LogP contribution in [0.4, 0.5) is 5.69 Å². The smallest absolute Gasteiger partial charge is 0.206 e. The molecule has 0 bridgehead atoms. The van der Waals surface area contributed by atoms with Gasteiger partial charge in [-0.3, -0.25) is 9.82 Å². The number of allylic oxidation sites excluding steroid dienone is 2. The number of alkyl halides is 1. The van der Waals surface area contributed by atoms with Gasteiger partial charge in [0.05, 0.1) is 36.2 Å². The molecule has 2 aliphatic heterocycles. The Morgan fingerprint density at radius 2 is 2.21 bits per heavy atom. The molecule has 3 fully saturated rings. The molecule has 1 aromatic heterocycles. The molecule has 1 aromatic carbocycles. The van der Waals surface area contributed by atoms with Crippen LogP contribution in [0.25, 0.3) is 10.9 Å². The summed E-state index contributed by atoms with van der Waals surface area (Å²) in [4.78, 5) is 10.6. The molecule has 2 unspecified atom stereocenters. The Morgan fingerprint density at radius 1 is 1.32 bits per heavy atom. The topological polar surface area (TPSA) is 80.1 Å². The zero-order valence-electron chi connectivity index (χ0n) is 14.9. The number of nitrogens with zero attached hydrogens (tertiary/aromatic N) is 3. The molecule has 0 amide bonds. The van der Waals surface area contributed by atoms with Crippen LogP contribution in [0, 0.1) is 11.3 Å². The average molecular weight is 440 g/mol. The highest BCUT2D eigenvalue weighted by Gasteiger charge is 2.91. The van der Waals surface area contributed by atoms with Gasteiger partial charge in [-0.15, -0.1) is 0 Å². The number of halogens is 1. The maximum Gasteiger partial charge on any atom is 0.206 e. The fourth-order valence-corrected chi connectivity index (χ4v) is 4.41. The van der Waals surface area contributed by atoms with Gasteiger partial charge in [-0.1, -0.05) is 15.9 Å². The third kappa shape index (κ3) is 1.79. The van der Waals surface area contributed by atoms with E-state index in [1.165, 1.54) is 0 Å². The van der Waals surface area contributed by atoms with Crippen molar-refractivity contribution >= 4 is 32.5 Å². The molecule has 2 saturated heterocycles. The number of anilines is 1. The van der Waals surface area contributed by atoms with Crippen molar-refractivity contribution in [1.29, 1.82) is 5.26 Å². The zero-order chi connectivity index (χ0) is 19.1. The van der Waals surface area contributed by atoms with Crippen LogP contribution in [0.5, 0.6) is 11.5 Å². The van der Waals surface area contributed by atoms with E-state index in [-0.39, 0.29) is 11.2 Å². The molecular formula is C20H14BrN3O4. The normalized spacial score (nSPS) is 27.8. The van der Waals surface area contributed by atoms with Gasteiger partial charge < -0.3 is 14.2 Å². The summed E-state index contributed by atoms with van der Waals surface area (Å²) in [6.07, 6.45) is 6.38. The quantitative estimate of drug-likeness (QED) is 0.521. The number of pyridine rings is 1. The standard InChI is InChI=1S/C20H14BrN3O4/c1-25-14-6-12-13(7-15(14)26-5-4-21)23-9-11(8-22)18(12)24-16-2-3-17-20(27-17)10-19(16,20)28-24/h2-3,6-7,9H,4-5,10H2,1H3. The summed E-state index contributed by atoms with van der Waals surface area (Å²) in [7, 11) is 1.59. The van der Waals surface area contributed by atoms with E-state index in [1.54, 1.807) is 18.4 Å². The average Bonchev–Trinajstić information content (AvgIpc) is 3.59. The van der Waals surface area contributed by atoms with Gasteiger partial charge in [0.1, 0.15) is 11.8 Å². The van der Waals surface area contributed by atoms with Gasteiger partial charge in [0.15, 0.2) is 17.1 Å². The summed E-state index contributed by atoms with van der Waals surface area (Å²) in [5, 5.41) is 12.9. The number of hydroxylamine groups is 1. The van der Waals surface area contributed by atoms with Crippen molar-refractivity contribution in [2.45, 2.75) is 17.6 Å². The Balaban J connectivity index is 1.49. The number of epoxide rings is 1. The van der Waals surface area contributed by atoms with Gasteiger partial charge in [-0.2, -0.15) is 5.26 Å². The number of ether oxygens (including phenoxy) is 3. The first-order chi connectivity index (χ1) is 13.7. The minimum absolute atomic E-state index is 0.252. The Bertz CT molecular complexity index is 1170. The molecule has 2 aliphatic carbocycles. The summed E-state index contributed by atoms with van der Waals surface area (Å²) < 4.78 is 17.0. The Kier molecular flexibility index (Phi) is 3.00. The van der Waals surface area contributed by atoms with E-state index in [2.05, 4.69) is 27.0 Å². The summed E-state index contributed by atoms with van der Waals surface area (Å²) in [5.74, 6) is 2.18. The molecule has 6 rings (SSSR count). The van der Waals surface area contributed by atoms with Gasteiger partial charge in [-0.05, 0) is 18.2 Å². The molecule has 4 aliphatic rings. The van der Waals surface area contributed by atoms with Crippen molar-refractivity contribution in [1.82, 2.24) is 4.98 Å². The first-order valence-electron chi connectivity index (χ1n) is 8.88. The lowest BCUT2D eigenvalue weighted by Gasteiger charge is -2.43. The van der Waals surface area contributed by atoms with Crippen LogP contribution < -0.4 is 14.5 Å². The highest BCUT2D eigenvalue weighted by molar-refractivity contribution is 9.09. The highest BCUT2D eigenvalue weighted by atomic mass is 79.9. The van der Waals surface area contributed by atoms with Crippen LogP contribution >= 0.6 is 15.9 Å². The lowest BCUT2D eigenvalue weighted by atomic mass is 10.0. The number of hydrogen-bond acceptors (Lipinski definition) is 7. The number of nitriles is 1. The lowest BCUT2D eigenvalue weighted by Crippen LogP contribution is -2.51. The molecule has 8 heteroatoms. The second-order valence-electron chi connectivity index (χ2n) is 7.09. The van der Waals surface area contributed by atoms with E-state index in [1.807, 2.05) is 24.3 Å². The van der Waals surface area contributed by atoms with Crippen LogP contribution in [0.15, 0.2) is 41.9 Å². The Hall–Kier alpha value is -2.76. The number of rotatable bonds is 5. The van der Waals surface area contributed by atoms with Crippen LogP contribution in [0.1, 0.15) is 12.0 Å². The molecule has 28 heavy (non-hydrogen) atoms. The second kappa shape index (κ2) is 5.19.